The number of nitrogens with two attached hydrogens (primary N) is 1. The van der Waals surface area contributed by atoms with E-state index in [0.29, 0.717) is 18.2 Å². The summed E-state index contributed by atoms with van der Waals surface area (Å²) in [7, 11) is -3.42. The van der Waals surface area contributed by atoms with Gasteiger partial charge in [0.15, 0.2) is 0 Å². The number of hydrogen-bond acceptors (Lipinski definition) is 3. The quantitative estimate of drug-likeness (QED) is 0.770. The van der Waals surface area contributed by atoms with Crippen LogP contribution in [0.25, 0.3) is 0 Å². The predicted molar refractivity (Wildman–Crippen MR) is 65.5 cm³/mol. The summed E-state index contributed by atoms with van der Waals surface area (Å²) < 4.78 is 26.2. The van der Waals surface area contributed by atoms with E-state index in [1.165, 1.54) is 12.1 Å². The van der Waals surface area contributed by atoms with Crippen molar-refractivity contribution in [1.82, 2.24) is 4.72 Å². The Morgan fingerprint density at radius 3 is 2.69 bits per heavy atom. The molecule has 90 valence electrons. The average molecular weight is 242 g/mol. The highest BCUT2D eigenvalue weighted by Gasteiger charge is 2.14. The lowest BCUT2D eigenvalue weighted by atomic mass is 10.1. The zero-order valence-electron chi connectivity index (χ0n) is 9.60. The molecule has 0 spiro atoms. The fourth-order valence-corrected chi connectivity index (χ4v) is 2.38. The second-order valence-corrected chi connectivity index (χ2v) is 5.70. The van der Waals surface area contributed by atoms with E-state index in [1.807, 2.05) is 13.8 Å². The second-order valence-electron chi connectivity index (χ2n) is 3.94. The van der Waals surface area contributed by atoms with Crippen LogP contribution in [0.4, 0.5) is 5.69 Å². The molecule has 0 saturated heterocycles. The molecule has 0 saturated carbocycles. The summed E-state index contributed by atoms with van der Waals surface area (Å²) in [5.74, 6) is 0.329. The van der Waals surface area contributed by atoms with E-state index in [2.05, 4.69) is 4.72 Å². The first kappa shape index (κ1) is 13.0. The van der Waals surface area contributed by atoms with E-state index in [9.17, 15) is 8.42 Å². The van der Waals surface area contributed by atoms with Crippen molar-refractivity contribution < 1.29 is 8.42 Å². The molecule has 1 rings (SSSR count). The van der Waals surface area contributed by atoms with Gasteiger partial charge in [-0.25, -0.2) is 13.1 Å². The first-order valence-electron chi connectivity index (χ1n) is 5.31. The largest absolute Gasteiger partial charge is 0.399 e. The molecule has 0 aliphatic carbocycles. The highest BCUT2D eigenvalue weighted by molar-refractivity contribution is 7.89. The highest BCUT2D eigenvalue weighted by atomic mass is 32.2. The van der Waals surface area contributed by atoms with Crippen LogP contribution >= 0.6 is 0 Å². The summed E-state index contributed by atoms with van der Waals surface area (Å²) in [6.45, 7) is 4.48. The third-order valence-corrected chi connectivity index (χ3v) is 3.91. The molecule has 0 heterocycles. The van der Waals surface area contributed by atoms with E-state index in [1.54, 1.807) is 12.1 Å². The Kier molecular flexibility index (Phi) is 4.32. The third-order valence-electron chi connectivity index (χ3n) is 2.49. The molecule has 0 aromatic heterocycles. The van der Waals surface area contributed by atoms with Gasteiger partial charge in [0.2, 0.25) is 10.0 Å². The second kappa shape index (κ2) is 5.32. The summed E-state index contributed by atoms with van der Waals surface area (Å²) in [5, 5.41) is 0. The first-order chi connectivity index (χ1) is 7.45. The summed E-state index contributed by atoms with van der Waals surface area (Å²) in [4.78, 5) is 0.218. The van der Waals surface area contributed by atoms with Gasteiger partial charge in [0.1, 0.15) is 0 Å². The Bertz CT molecular complexity index is 443. The van der Waals surface area contributed by atoms with Crippen molar-refractivity contribution in [2.75, 3.05) is 12.3 Å². The molecular weight excluding hydrogens is 224 g/mol. The maximum Gasteiger partial charge on any atom is 0.240 e. The molecule has 1 atom stereocenters. The van der Waals surface area contributed by atoms with Gasteiger partial charge < -0.3 is 5.73 Å². The van der Waals surface area contributed by atoms with Gasteiger partial charge in [0, 0.05) is 12.2 Å². The van der Waals surface area contributed by atoms with Crippen LogP contribution in [-0.4, -0.2) is 15.0 Å². The van der Waals surface area contributed by atoms with E-state index in [-0.39, 0.29) is 4.90 Å². The van der Waals surface area contributed by atoms with Crippen LogP contribution in [0.5, 0.6) is 0 Å². The molecule has 0 aliphatic rings. The molecule has 1 unspecified atom stereocenters. The Morgan fingerprint density at radius 2 is 2.12 bits per heavy atom. The number of nitrogen functional groups attached to an aromatic ring is 1. The van der Waals surface area contributed by atoms with Crippen LogP contribution in [0.2, 0.25) is 0 Å². The topological polar surface area (TPSA) is 72.2 Å². The van der Waals surface area contributed by atoms with Crippen molar-refractivity contribution in [3.8, 4) is 0 Å². The van der Waals surface area contributed by atoms with E-state index >= 15 is 0 Å². The minimum atomic E-state index is -3.42. The van der Waals surface area contributed by atoms with Gasteiger partial charge >= 0.3 is 0 Å². The van der Waals surface area contributed by atoms with Crippen molar-refractivity contribution in [3.63, 3.8) is 0 Å². The van der Waals surface area contributed by atoms with Gasteiger partial charge in [-0.2, -0.15) is 0 Å². The smallest absolute Gasteiger partial charge is 0.240 e. The average Bonchev–Trinajstić information content (AvgIpc) is 2.26. The molecule has 0 amide bonds. The lowest BCUT2D eigenvalue weighted by molar-refractivity contribution is 0.528. The molecule has 5 heteroatoms. The highest BCUT2D eigenvalue weighted by Crippen LogP contribution is 2.12. The van der Waals surface area contributed by atoms with Crippen LogP contribution in [0.1, 0.15) is 20.3 Å². The van der Waals surface area contributed by atoms with Crippen LogP contribution in [0, 0.1) is 5.92 Å². The number of nitrogens with one attached hydrogen (secondary N) is 1. The van der Waals surface area contributed by atoms with Gasteiger partial charge in [0.25, 0.3) is 0 Å². The molecule has 4 nitrogen and oxygen atoms in total. The molecular formula is C11H18N2O2S. The maximum atomic E-state index is 11.8. The number of hydrogen-bond donors (Lipinski definition) is 2. The molecule has 1 aromatic carbocycles. The standard InChI is InChI=1S/C11H18N2O2S/c1-3-9(2)8-13-16(14,15)11-6-4-5-10(12)7-11/h4-7,9,13H,3,8,12H2,1-2H3. The number of benzene rings is 1. The van der Waals surface area contributed by atoms with Crippen LogP contribution < -0.4 is 10.5 Å². The van der Waals surface area contributed by atoms with Crippen molar-refractivity contribution in [3.05, 3.63) is 24.3 Å². The first-order valence-corrected chi connectivity index (χ1v) is 6.79. The zero-order valence-corrected chi connectivity index (χ0v) is 10.4. The minimum absolute atomic E-state index is 0.218. The molecule has 0 radical (unpaired) electrons. The molecule has 0 bridgehead atoms. The van der Waals surface area contributed by atoms with E-state index in [0.717, 1.165) is 6.42 Å². The van der Waals surface area contributed by atoms with Gasteiger partial charge in [-0.05, 0) is 24.1 Å². The Morgan fingerprint density at radius 1 is 1.44 bits per heavy atom. The van der Waals surface area contributed by atoms with Crippen molar-refractivity contribution in [2.45, 2.75) is 25.2 Å². The lowest BCUT2D eigenvalue weighted by Crippen LogP contribution is -2.28. The van der Waals surface area contributed by atoms with Crippen LogP contribution in [0.15, 0.2) is 29.2 Å². The summed E-state index contributed by atoms with van der Waals surface area (Å²) in [6.07, 6.45) is 0.944. The molecule has 16 heavy (non-hydrogen) atoms. The fraction of sp³-hybridized carbons (Fsp3) is 0.455. The van der Waals surface area contributed by atoms with Crippen molar-refractivity contribution in [2.24, 2.45) is 5.92 Å². The van der Waals surface area contributed by atoms with Crippen LogP contribution in [-0.2, 0) is 10.0 Å². The Hall–Kier alpha value is -1.07. The van der Waals surface area contributed by atoms with E-state index < -0.39 is 10.0 Å². The van der Waals surface area contributed by atoms with Crippen molar-refractivity contribution in [1.29, 1.82) is 0 Å². The summed E-state index contributed by atoms with van der Waals surface area (Å²) >= 11 is 0. The van der Waals surface area contributed by atoms with Crippen molar-refractivity contribution >= 4 is 15.7 Å². The SMILES string of the molecule is CCC(C)CNS(=O)(=O)c1cccc(N)c1. The molecule has 3 N–H and O–H groups in total. The molecule has 0 fully saturated rings. The number of anilines is 1. The fourth-order valence-electron chi connectivity index (χ4n) is 1.16. The monoisotopic (exact) mass is 242 g/mol. The third kappa shape index (κ3) is 3.50. The summed E-state index contributed by atoms with van der Waals surface area (Å²) in [5.41, 5.74) is 6.00. The summed E-state index contributed by atoms with van der Waals surface area (Å²) in [6, 6.07) is 6.29. The normalized spacial score (nSPS) is 13.6. The predicted octanol–water partition coefficient (Wildman–Crippen LogP) is 1.59. The number of sulfonamides is 1. The number of rotatable bonds is 5. The zero-order chi connectivity index (χ0) is 12.2. The van der Waals surface area contributed by atoms with Gasteiger partial charge in [-0.1, -0.05) is 26.3 Å². The lowest BCUT2D eigenvalue weighted by Gasteiger charge is -2.11. The van der Waals surface area contributed by atoms with Gasteiger partial charge in [0.05, 0.1) is 4.90 Å². The minimum Gasteiger partial charge on any atom is -0.399 e. The van der Waals surface area contributed by atoms with Gasteiger partial charge in [-0.3, -0.25) is 0 Å². The Labute approximate surface area is 96.9 Å². The van der Waals surface area contributed by atoms with Crippen LogP contribution in [0.3, 0.4) is 0 Å². The maximum absolute atomic E-state index is 11.8. The Balaban J connectivity index is 2.78. The van der Waals surface area contributed by atoms with Gasteiger partial charge in [-0.15, -0.1) is 0 Å². The molecule has 1 aromatic rings. The van der Waals surface area contributed by atoms with E-state index in [4.69, 9.17) is 5.73 Å². The molecule has 0 aliphatic heterocycles.